The third-order valence-electron chi connectivity index (χ3n) is 12.1. The predicted octanol–water partition coefficient (Wildman–Crippen LogP) is 14.8. The van der Waals surface area contributed by atoms with Gasteiger partial charge in [0.1, 0.15) is 0 Å². The van der Waals surface area contributed by atoms with E-state index in [4.69, 9.17) is 15.0 Å². The summed E-state index contributed by atoms with van der Waals surface area (Å²) < 4.78 is 2.37. The molecule has 0 N–H and O–H groups in total. The van der Waals surface area contributed by atoms with Crippen molar-refractivity contribution in [3.05, 3.63) is 218 Å². The fraction of sp³-hybridized carbons (Fsp3) is 0. The summed E-state index contributed by atoms with van der Waals surface area (Å²) in [6, 6.07) is 77.5. The van der Waals surface area contributed by atoms with E-state index in [1.807, 2.05) is 6.07 Å². The summed E-state index contributed by atoms with van der Waals surface area (Å²) in [5, 5.41) is 9.67. The van der Waals surface area contributed by atoms with Crippen molar-refractivity contribution in [2.24, 2.45) is 0 Å². The van der Waals surface area contributed by atoms with Crippen LogP contribution in [0, 0.1) is 0 Å². The molecule has 0 aliphatic carbocycles. The second-order valence-corrected chi connectivity index (χ2v) is 15.6. The second kappa shape index (κ2) is 14.3. The van der Waals surface area contributed by atoms with Crippen molar-refractivity contribution in [3.63, 3.8) is 0 Å². The normalized spacial score (nSPS) is 11.6. The number of benzene rings is 10. The molecule has 0 fully saturated rings. The molecule has 4 nitrogen and oxygen atoms in total. The Morgan fingerprint density at radius 1 is 0.246 bits per heavy atom. The molecule has 0 radical (unpaired) electrons. The second-order valence-electron chi connectivity index (χ2n) is 15.6. The van der Waals surface area contributed by atoms with Crippen LogP contribution in [0.5, 0.6) is 0 Å². The molecule has 2 heterocycles. The van der Waals surface area contributed by atoms with Gasteiger partial charge in [-0.1, -0.05) is 188 Å². The standard InChI is InChI=1S/C57H36N4/c1-3-15-37(16-4-1)39-27-29-40(30-28-39)55-58-56(42-32-33-47-45-21-8-7-19-43(45)44-20-9-10-22-46(44)51(47)35-42)60-57(59-55)50-24-12-14-26-53(50)61-52-25-13-11-23-48(52)49-34-31-41(36-54(49)61)38-17-5-2-6-18-38/h1-36H. The molecule has 0 aliphatic heterocycles. The van der Waals surface area contributed by atoms with Crippen LogP contribution in [-0.2, 0) is 0 Å². The van der Waals surface area contributed by atoms with Gasteiger partial charge in [-0.25, -0.2) is 15.0 Å². The van der Waals surface area contributed by atoms with Crippen molar-refractivity contribution in [1.29, 1.82) is 0 Å². The van der Waals surface area contributed by atoms with Crippen LogP contribution in [0.1, 0.15) is 0 Å². The minimum atomic E-state index is 0.608. The molecule has 10 aromatic carbocycles. The number of para-hydroxylation sites is 2. The molecule has 2 aromatic heterocycles. The summed E-state index contributed by atoms with van der Waals surface area (Å²) >= 11 is 0. The van der Waals surface area contributed by atoms with Gasteiger partial charge < -0.3 is 4.57 Å². The summed E-state index contributed by atoms with van der Waals surface area (Å²) in [7, 11) is 0. The van der Waals surface area contributed by atoms with Crippen molar-refractivity contribution in [1.82, 2.24) is 19.5 Å². The summed E-state index contributed by atoms with van der Waals surface area (Å²) in [6.45, 7) is 0. The first-order chi connectivity index (χ1) is 30.2. The minimum Gasteiger partial charge on any atom is -0.308 e. The molecule has 284 valence electrons. The maximum absolute atomic E-state index is 5.37. The molecule has 0 aliphatic rings. The number of nitrogens with zero attached hydrogens (tertiary/aromatic N) is 4. The van der Waals surface area contributed by atoms with Crippen LogP contribution in [0.25, 0.3) is 116 Å². The van der Waals surface area contributed by atoms with Gasteiger partial charge >= 0.3 is 0 Å². The molecule has 12 rings (SSSR count). The van der Waals surface area contributed by atoms with Crippen molar-refractivity contribution in [2.45, 2.75) is 0 Å². The summed E-state index contributed by atoms with van der Waals surface area (Å²) in [6.07, 6.45) is 0. The summed E-state index contributed by atoms with van der Waals surface area (Å²) in [5.41, 5.74) is 10.6. The maximum atomic E-state index is 5.37. The Morgan fingerprint density at radius 2 is 0.672 bits per heavy atom. The van der Waals surface area contributed by atoms with Gasteiger partial charge in [-0.3, -0.25) is 0 Å². The van der Waals surface area contributed by atoms with Crippen molar-refractivity contribution in [2.75, 3.05) is 0 Å². The molecule has 61 heavy (non-hydrogen) atoms. The average molecular weight is 777 g/mol. The number of rotatable bonds is 6. The Morgan fingerprint density at radius 3 is 1.36 bits per heavy atom. The third kappa shape index (κ3) is 5.88. The van der Waals surface area contributed by atoms with Crippen LogP contribution in [0.15, 0.2) is 218 Å². The first-order valence-electron chi connectivity index (χ1n) is 20.7. The highest BCUT2D eigenvalue weighted by molar-refractivity contribution is 6.25. The van der Waals surface area contributed by atoms with E-state index >= 15 is 0 Å². The van der Waals surface area contributed by atoms with E-state index in [9.17, 15) is 0 Å². The van der Waals surface area contributed by atoms with E-state index in [-0.39, 0.29) is 0 Å². The lowest BCUT2D eigenvalue weighted by Gasteiger charge is -2.15. The van der Waals surface area contributed by atoms with Gasteiger partial charge in [0.2, 0.25) is 0 Å². The molecule has 0 amide bonds. The van der Waals surface area contributed by atoms with Crippen LogP contribution in [-0.4, -0.2) is 19.5 Å². The molecule has 0 spiro atoms. The van der Waals surface area contributed by atoms with E-state index in [0.29, 0.717) is 17.5 Å². The van der Waals surface area contributed by atoms with Crippen molar-refractivity contribution < 1.29 is 0 Å². The van der Waals surface area contributed by atoms with E-state index in [1.54, 1.807) is 0 Å². The van der Waals surface area contributed by atoms with Crippen LogP contribution in [0.2, 0.25) is 0 Å². The molecule has 0 atom stereocenters. The lowest BCUT2D eigenvalue weighted by atomic mass is 9.93. The molecule has 12 aromatic rings. The van der Waals surface area contributed by atoms with Gasteiger partial charge in [0.15, 0.2) is 17.5 Å². The van der Waals surface area contributed by atoms with Gasteiger partial charge in [-0.2, -0.15) is 0 Å². The predicted molar refractivity (Wildman–Crippen MR) is 254 cm³/mol. The molecule has 0 saturated heterocycles. The van der Waals surface area contributed by atoms with Gasteiger partial charge in [0, 0.05) is 27.5 Å². The Labute approximate surface area is 352 Å². The zero-order valence-corrected chi connectivity index (χ0v) is 33.1. The minimum absolute atomic E-state index is 0.608. The fourth-order valence-electron chi connectivity index (χ4n) is 9.14. The van der Waals surface area contributed by atoms with Gasteiger partial charge in [-0.15, -0.1) is 0 Å². The first kappa shape index (κ1) is 34.8. The van der Waals surface area contributed by atoms with Crippen LogP contribution in [0.3, 0.4) is 0 Å². The fourth-order valence-corrected chi connectivity index (χ4v) is 9.14. The number of hydrogen-bond acceptors (Lipinski definition) is 3. The lowest BCUT2D eigenvalue weighted by molar-refractivity contribution is 1.06. The van der Waals surface area contributed by atoms with Crippen LogP contribution < -0.4 is 0 Å². The Kier molecular flexibility index (Phi) is 8.13. The summed E-state index contributed by atoms with van der Waals surface area (Å²) in [4.78, 5) is 15.9. The van der Waals surface area contributed by atoms with E-state index in [1.165, 1.54) is 48.7 Å². The highest BCUT2D eigenvalue weighted by atomic mass is 15.1. The van der Waals surface area contributed by atoms with Crippen LogP contribution in [0.4, 0.5) is 0 Å². The van der Waals surface area contributed by atoms with Crippen molar-refractivity contribution >= 4 is 54.1 Å². The van der Waals surface area contributed by atoms with Gasteiger partial charge in [-0.05, 0) is 84.9 Å². The molecule has 0 bridgehead atoms. The largest absolute Gasteiger partial charge is 0.308 e. The SMILES string of the molecule is c1ccc(-c2ccc(-c3nc(-c4ccc5c6ccccc6c6ccccc6c5c4)nc(-c4ccccc4-n4c5ccccc5c5ccc(-c6ccccc6)cc54)n3)cc2)cc1. The topological polar surface area (TPSA) is 43.6 Å². The molecule has 0 unspecified atom stereocenters. The van der Waals surface area contributed by atoms with Gasteiger partial charge in [0.25, 0.3) is 0 Å². The Bertz CT molecular complexity index is 3590. The van der Waals surface area contributed by atoms with Crippen molar-refractivity contribution in [3.8, 4) is 62.1 Å². The monoisotopic (exact) mass is 776 g/mol. The maximum Gasteiger partial charge on any atom is 0.166 e. The van der Waals surface area contributed by atoms with Gasteiger partial charge in [0.05, 0.1) is 16.7 Å². The van der Waals surface area contributed by atoms with E-state index in [0.717, 1.165) is 50.1 Å². The smallest absolute Gasteiger partial charge is 0.166 e. The number of hydrogen-bond donors (Lipinski definition) is 0. The molecule has 4 heteroatoms. The first-order valence-corrected chi connectivity index (χ1v) is 20.7. The van der Waals surface area contributed by atoms with E-state index < -0.39 is 0 Å². The molecular weight excluding hydrogens is 741 g/mol. The Balaban J connectivity index is 1.09. The molecule has 0 saturated carbocycles. The summed E-state index contributed by atoms with van der Waals surface area (Å²) in [5.74, 6) is 1.84. The highest BCUT2D eigenvalue weighted by Gasteiger charge is 2.20. The third-order valence-corrected chi connectivity index (χ3v) is 12.1. The molecular formula is C57H36N4. The average Bonchev–Trinajstić information content (AvgIpc) is 3.68. The van der Waals surface area contributed by atoms with E-state index in [2.05, 4.69) is 217 Å². The Hall–Kier alpha value is -8.21. The zero-order valence-electron chi connectivity index (χ0n) is 33.1. The number of aromatic nitrogens is 4. The highest BCUT2D eigenvalue weighted by Crippen LogP contribution is 2.40. The number of fused-ring (bicyclic) bond motifs is 9. The zero-order chi connectivity index (χ0) is 40.3. The quantitative estimate of drug-likeness (QED) is 0.158. The van der Waals surface area contributed by atoms with Crippen LogP contribution >= 0.6 is 0 Å². The lowest BCUT2D eigenvalue weighted by Crippen LogP contribution is -2.03.